The van der Waals surface area contributed by atoms with Gasteiger partial charge in [-0.25, -0.2) is 0 Å². The number of hydrogen-bond acceptors (Lipinski definition) is 1. The van der Waals surface area contributed by atoms with Crippen LogP contribution in [0.25, 0.3) is 0 Å². The molecule has 1 heterocycles. The van der Waals surface area contributed by atoms with E-state index < -0.39 is 0 Å². The van der Waals surface area contributed by atoms with Crippen LogP contribution in [0.2, 0.25) is 0 Å². The average molecular weight is 317 g/mol. The molecule has 0 aromatic carbocycles. The van der Waals surface area contributed by atoms with Crippen LogP contribution in [0.4, 0.5) is 0 Å². The maximum absolute atomic E-state index is 5.88. The van der Waals surface area contributed by atoms with Gasteiger partial charge >= 0.3 is 0 Å². The molecule has 0 aliphatic carbocycles. The highest BCUT2D eigenvalue weighted by Crippen LogP contribution is 2.29. The lowest BCUT2D eigenvalue weighted by molar-refractivity contribution is -0.0422. The molecule has 1 rings (SSSR count). The highest BCUT2D eigenvalue weighted by Gasteiger charge is 2.27. The molecule has 0 aromatic heterocycles. The Morgan fingerprint density at radius 3 is 2.54 bits per heavy atom. The molecule has 3 atom stereocenters. The van der Waals surface area contributed by atoms with E-state index in [0.29, 0.717) is 18.1 Å². The van der Waals surface area contributed by atoms with Gasteiger partial charge in [0.15, 0.2) is 0 Å². The summed E-state index contributed by atoms with van der Waals surface area (Å²) in [5.41, 5.74) is 0. The molecule has 1 aliphatic rings. The van der Waals surface area contributed by atoms with Crippen LogP contribution < -0.4 is 0 Å². The first-order valence-electron chi connectivity index (χ1n) is 4.97. The quantitative estimate of drug-likeness (QED) is 0.571. The van der Waals surface area contributed by atoms with Crippen molar-refractivity contribution in [1.82, 2.24) is 0 Å². The van der Waals surface area contributed by atoms with Gasteiger partial charge in [0.05, 0.1) is 12.2 Å². The minimum atomic E-state index is 0.293. The van der Waals surface area contributed by atoms with E-state index in [0.717, 1.165) is 16.3 Å². The van der Waals surface area contributed by atoms with Gasteiger partial charge in [0, 0.05) is 9.80 Å². The Bertz CT molecular complexity index is 150. The van der Waals surface area contributed by atoms with E-state index in [1.807, 2.05) is 0 Å². The van der Waals surface area contributed by atoms with Crippen molar-refractivity contribution < 1.29 is 4.74 Å². The van der Waals surface area contributed by atoms with E-state index in [4.69, 9.17) is 16.3 Å². The van der Waals surface area contributed by atoms with Crippen LogP contribution in [-0.2, 0) is 4.74 Å². The van der Waals surface area contributed by atoms with Crippen molar-refractivity contribution in [2.24, 2.45) is 5.92 Å². The first-order chi connectivity index (χ1) is 6.11. The second-order valence-electron chi connectivity index (χ2n) is 4.23. The minimum absolute atomic E-state index is 0.293. The summed E-state index contributed by atoms with van der Waals surface area (Å²) in [7, 11) is 0. The normalized spacial score (nSPS) is 35.3. The summed E-state index contributed by atoms with van der Waals surface area (Å²) in [6.07, 6.45) is 4.23. The van der Waals surface area contributed by atoms with Gasteiger partial charge in [0.2, 0.25) is 0 Å². The predicted molar refractivity (Wildman–Crippen MR) is 65.9 cm³/mol. The fraction of sp³-hybridized carbons (Fsp3) is 1.00. The van der Waals surface area contributed by atoms with Crippen LogP contribution in [0.5, 0.6) is 0 Å². The van der Waals surface area contributed by atoms with E-state index in [-0.39, 0.29) is 0 Å². The third-order valence-corrected chi connectivity index (χ3v) is 3.69. The molecule has 0 radical (unpaired) electrons. The molecule has 0 spiro atoms. The summed E-state index contributed by atoms with van der Waals surface area (Å²) in [6.45, 7) is 4.49. The van der Waals surface area contributed by atoms with Gasteiger partial charge in [0.25, 0.3) is 0 Å². The topological polar surface area (TPSA) is 9.23 Å². The van der Waals surface area contributed by atoms with Crippen molar-refractivity contribution in [2.45, 2.75) is 49.2 Å². The van der Waals surface area contributed by atoms with Crippen molar-refractivity contribution in [3.8, 4) is 0 Å². The maximum Gasteiger partial charge on any atom is 0.0724 e. The Morgan fingerprint density at radius 1 is 1.38 bits per heavy atom. The SMILES string of the molecule is CC(C)C[C@H]1C[C@H](I)C[C@@H](CCl)O1. The molecular weight excluding hydrogens is 298 g/mol. The van der Waals surface area contributed by atoms with Gasteiger partial charge in [0.1, 0.15) is 0 Å². The molecular formula is C10H18ClIO. The molecule has 1 saturated heterocycles. The zero-order valence-electron chi connectivity index (χ0n) is 8.30. The highest BCUT2D eigenvalue weighted by molar-refractivity contribution is 14.1. The Kier molecular flexibility index (Phi) is 5.34. The zero-order chi connectivity index (χ0) is 9.84. The predicted octanol–water partition coefficient (Wildman–Crippen LogP) is 3.62. The Balaban J connectivity index is 2.37. The molecule has 0 saturated carbocycles. The average Bonchev–Trinajstić information content (AvgIpc) is 2.01. The van der Waals surface area contributed by atoms with E-state index in [2.05, 4.69) is 36.4 Å². The summed E-state index contributed by atoms with van der Waals surface area (Å²) in [4.78, 5) is 0. The summed E-state index contributed by atoms with van der Waals surface area (Å²) < 4.78 is 6.63. The van der Waals surface area contributed by atoms with Gasteiger partial charge in [-0.3, -0.25) is 0 Å². The van der Waals surface area contributed by atoms with E-state index >= 15 is 0 Å². The largest absolute Gasteiger partial charge is 0.374 e. The molecule has 1 fully saturated rings. The van der Waals surface area contributed by atoms with Crippen LogP contribution in [-0.4, -0.2) is 22.0 Å². The smallest absolute Gasteiger partial charge is 0.0724 e. The van der Waals surface area contributed by atoms with Crippen LogP contribution in [0, 0.1) is 5.92 Å². The summed E-state index contributed by atoms with van der Waals surface area (Å²) in [5.74, 6) is 1.37. The standard InChI is InChI=1S/C10H18ClIO/c1-7(2)3-9-4-8(12)5-10(6-11)13-9/h7-10H,3-6H2,1-2H3/t8-,9-,10-/m0/s1. The Labute approximate surface area is 99.7 Å². The molecule has 1 aliphatic heterocycles. The Hall–Kier alpha value is 0.980. The molecule has 13 heavy (non-hydrogen) atoms. The van der Waals surface area contributed by atoms with Gasteiger partial charge < -0.3 is 4.74 Å². The van der Waals surface area contributed by atoms with Crippen molar-refractivity contribution in [2.75, 3.05) is 5.88 Å². The number of halogens is 2. The molecule has 0 unspecified atom stereocenters. The monoisotopic (exact) mass is 316 g/mol. The third kappa shape index (κ3) is 4.34. The molecule has 3 heteroatoms. The molecule has 1 nitrogen and oxygen atoms in total. The minimum Gasteiger partial charge on any atom is -0.374 e. The molecule has 78 valence electrons. The summed E-state index contributed by atoms with van der Waals surface area (Å²) >= 11 is 8.34. The number of alkyl halides is 2. The first-order valence-corrected chi connectivity index (χ1v) is 6.75. The maximum atomic E-state index is 5.88. The number of ether oxygens (including phenoxy) is 1. The molecule has 0 bridgehead atoms. The fourth-order valence-corrected chi connectivity index (χ4v) is 3.16. The number of hydrogen-bond donors (Lipinski definition) is 0. The first kappa shape index (κ1) is 12.1. The lowest BCUT2D eigenvalue weighted by atomic mass is 9.97. The van der Waals surface area contributed by atoms with Crippen molar-refractivity contribution in [3.63, 3.8) is 0 Å². The van der Waals surface area contributed by atoms with E-state index in [1.165, 1.54) is 12.8 Å². The van der Waals surface area contributed by atoms with Crippen LogP contribution >= 0.6 is 34.2 Å². The van der Waals surface area contributed by atoms with Crippen LogP contribution in [0.3, 0.4) is 0 Å². The molecule has 0 N–H and O–H groups in total. The van der Waals surface area contributed by atoms with Gasteiger partial charge in [-0.1, -0.05) is 36.4 Å². The van der Waals surface area contributed by atoms with Crippen molar-refractivity contribution in [1.29, 1.82) is 0 Å². The van der Waals surface area contributed by atoms with E-state index in [9.17, 15) is 0 Å². The van der Waals surface area contributed by atoms with Crippen molar-refractivity contribution in [3.05, 3.63) is 0 Å². The van der Waals surface area contributed by atoms with E-state index in [1.54, 1.807) is 0 Å². The Morgan fingerprint density at radius 2 is 2.00 bits per heavy atom. The summed E-state index contributed by atoms with van der Waals surface area (Å²) in [5, 5.41) is 0. The molecule has 0 amide bonds. The summed E-state index contributed by atoms with van der Waals surface area (Å²) in [6, 6.07) is 0. The van der Waals surface area contributed by atoms with Gasteiger partial charge in [-0.05, 0) is 25.2 Å². The number of rotatable bonds is 3. The van der Waals surface area contributed by atoms with Crippen LogP contribution in [0.1, 0.15) is 33.1 Å². The second kappa shape index (κ2) is 5.76. The fourth-order valence-electron chi connectivity index (χ4n) is 1.83. The van der Waals surface area contributed by atoms with Crippen LogP contribution in [0.15, 0.2) is 0 Å². The highest BCUT2D eigenvalue weighted by atomic mass is 127. The molecule has 0 aromatic rings. The second-order valence-corrected chi connectivity index (χ2v) is 6.30. The zero-order valence-corrected chi connectivity index (χ0v) is 11.2. The third-order valence-electron chi connectivity index (χ3n) is 2.33. The van der Waals surface area contributed by atoms with Gasteiger partial charge in [-0.15, -0.1) is 11.6 Å². The lowest BCUT2D eigenvalue weighted by Gasteiger charge is -2.33. The van der Waals surface area contributed by atoms with Gasteiger partial charge in [-0.2, -0.15) is 0 Å². The van der Waals surface area contributed by atoms with Crippen molar-refractivity contribution >= 4 is 34.2 Å². The lowest BCUT2D eigenvalue weighted by Crippen LogP contribution is -2.34.